The number of aryl methyl sites for hydroxylation is 2. The Kier molecular flexibility index (Phi) is 6.48. The minimum Gasteiger partial charge on any atom is -0.482 e. The van der Waals surface area contributed by atoms with Gasteiger partial charge in [-0.05, 0) is 97.0 Å². The van der Waals surface area contributed by atoms with Crippen LogP contribution in [-0.2, 0) is 20.2 Å². The lowest BCUT2D eigenvalue weighted by Crippen LogP contribution is -2.38. The fourth-order valence-corrected chi connectivity index (χ4v) is 7.36. The van der Waals surface area contributed by atoms with E-state index in [2.05, 4.69) is 6.07 Å². The molecule has 0 unspecified atom stereocenters. The van der Waals surface area contributed by atoms with Crippen LogP contribution in [0.5, 0.6) is 5.75 Å². The smallest absolute Gasteiger partial charge is 0.341 e. The Labute approximate surface area is 216 Å². The van der Waals surface area contributed by atoms with Crippen LogP contribution in [0.25, 0.3) is 11.1 Å². The van der Waals surface area contributed by atoms with Gasteiger partial charge < -0.3 is 9.84 Å². The van der Waals surface area contributed by atoms with Crippen molar-refractivity contribution >= 4 is 21.7 Å². The number of nitrogens with zero attached hydrogens (tertiary/aromatic N) is 1. The Bertz CT molecular complexity index is 1480. The first-order chi connectivity index (χ1) is 17.6. The van der Waals surface area contributed by atoms with Gasteiger partial charge >= 0.3 is 5.97 Å². The summed E-state index contributed by atoms with van der Waals surface area (Å²) in [5, 5.41) is 8.88. The third-order valence-electron chi connectivity index (χ3n) is 7.67. The molecule has 1 aliphatic carbocycles. The largest absolute Gasteiger partial charge is 0.482 e. The van der Waals surface area contributed by atoms with E-state index < -0.39 is 22.6 Å². The molecule has 1 fully saturated rings. The van der Waals surface area contributed by atoms with Crippen LogP contribution in [0.2, 0.25) is 0 Å². The van der Waals surface area contributed by atoms with Crippen molar-refractivity contribution in [2.24, 2.45) is 0 Å². The molecular formula is C29H30FNO5S. The van der Waals surface area contributed by atoms with Crippen LogP contribution in [0.15, 0.2) is 59.5 Å². The van der Waals surface area contributed by atoms with Crippen molar-refractivity contribution in [3.05, 3.63) is 77.1 Å². The normalized spacial score (nSPS) is 16.6. The summed E-state index contributed by atoms with van der Waals surface area (Å²) in [5.41, 5.74) is 4.44. The third-order valence-corrected chi connectivity index (χ3v) is 9.43. The van der Waals surface area contributed by atoms with Gasteiger partial charge in [0.25, 0.3) is 10.0 Å². The van der Waals surface area contributed by atoms with Gasteiger partial charge in [-0.1, -0.05) is 31.4 Å². The van der Waals surface area contributed by atoms with Gasteiger partial charge in [0.15, 0.2) is 6.61 Å². The van der Waals surface area contributed by atoms with Crippen LogP contribution in [0.3, 0.4) is 0 Å². The van der Waals surface area contributed by atoms with Crippen LogP contribution in [0.1, 0.15) is 48.8 Å². The molecule has 3 aromatic carbocycles. The molecule has 1 N–H and O–H groups in total. The average Bonchev–Trinajstić information content (AvgIpc) is 3.19. The monoisotopic (exact) mass is 523 g/mol. The van der Waals surface area contributed by atoms with Crippen molar-refractivity contribution in [2.75, 3.05) is 17.5 Å². The summed E-state index contributed by atoms with van der Waals surface area (Å²) in [4.78, 5) is 11.0. The number of rotatable bonds is 6. The molecule has 0 saturated heterocycles. The van der Waals surface area contributed by atoms with Gasteiger partial charge in [-0.25, -0.2) is 17.6 Å². The number of hydrogen-bond donors (Lipinski definition) is 1. The second kappa shape index (κ2) is 9.49. The molecule has 5 rings (SSSR count). The zero-order chi connectivity index (χ0) is 26.4. The van der Waals surface area contributed by atoms with E-state index in [4.69, 9.17) is 9.84 Å². The van der Waals surface area contributed by atoms with E-state index >= 15 is 0 Å². The van der Waals surface area contributed by atoms with E-state index in [9.17, 15) is 17.6 Å². The van der Waals surface area contributed by atoms with E-state index in [1.807, 2.05) is 18.2 Å². The number of carboxylic acids is 1. The van der Waals surface area contributed by atoms with Crippen molar-refractivity contribution in [1.82, 2.24) is 0 Å². The number of ether oxygens (including phenoxy) is 1. The molecule has 3 aromatic rings. The van der Waals surface area contributed by atoms with E-state index in [1.165, 1.54) is 28.6 Å². The zero-order valence-electron chi connectivity index (χ0n) is 21.0. The molecule has 2 aliphatic rings. The van der Waals surface area contributed by atoms with Crippen LogP contribution in [-0.4, -0.2) is 32.6 Å². The number of hydrogen-bond acceptors (Lipinski definition) is 4. The maximum Gasteiger partial charge on any atom is 0.341 e. The minimum absolute atomic E-state index is 0.143. The van der Waals surface area contributed by atoms with Crippen LogP contribution >= 0.6 is 0 Å². The molecule has 0 amide bonds. The Balaban J connectivity index is 1.55. The van der Waals surface area contributed by atoms with Crippen molar-refractivity contribution in [1.29, 1.82) is 0 Å². The Hall–Kier alpha value is -3.39. The number of carboxylic acid groups (broad SMARTS) is 1. The fraction of sp³-hybridized carbons (Fsp3) is 0.345. The summed E-state index contributed by atoms with van der Waals surface area (Å²) >= 11 is 0. The van der Waals surface area contributed by atoms with Crippen molar-refractivity contribution in [3.63, 3.8) is 0 Å². The molecule has 1 saturated carbocycles. The lowest BCUT2D eigenvalue weighted by atomic mass is 9.70. The standard InChI is InChI=1S/C29H30FNO5S/c1-19-14-21(6-9-25(19)30)22-7-10-26-24(16-22)29(12-4-3-5-13-29)18-31(26)37(34,35)23-8-11-27(20(2)15-23)36-17-28(32)33/h6-11,14-16H,3-5,12-13,17-18H2,1-2H3,(H,32,33). The highest BCUT2D eigenvalue weighted by molar-refractivity contribution is 7.92. The summed E-state index contributed by atoms with van der Waals surface area (Å²) in [6.07, 6.45) is 5.05. The highest BCUT2D eigenvalue weighted by Gasteiger charge is 2.47. The molecule has 0 bridgehead atoms. The van der Waals surface area contributed by atoms with Crippen molar-refractivity contribution < 1.29 is 27.4 Å². The van der Waals surface area contributed by atoms with Gasteiger partial charge in [-0.3, -0.25) is 4.31 Å². The van der Waals surface area contributed by atoms with E-state index in [0.29, 0.717) is 29.1 Å². The molecule has 194 valence electrons. The summed E-state index contributed by atoms with van der Waals surface area (Å²) in [7, 11) is -3.88. The first-order valence-corrected chi connectivity index (χ1v) is 13.9. The second-order valence-electron chi connectivity index (χ2n) is 10.2. The first-order valence-electron chi connectivity index (χ1n) is 12.5. The lowest BCUT2D eigenvalue weighted by Gasteiger charge is -2.34. The number of fused-ring (bicyclic) bond motifs is 2. The van der Waals surface area contributed by atoms with Crippen molar-refractivity contribution in [3.8, 4) is 16.9 Å². The van der Waals surface area contributed by atoms with Gasteiger partial charge in [0.05, 0.1) is 10.6 Å². The van der Waals surface area contributed by atoms with Gasteiger partial charge in [0, 0.05) is 12.0 Å². The van der Waals surface area contributed by atoms with Crippen molar-refractivity contribution in [2.45, 2.75) is 56.3 Å². The van der Waals surface area contributed by atoms with Crippen LogP contribution < -0.4 is 9.04 Å². The predicted octanol–water partition coefficient (Wildman–Crippen LogP) is 5.98. The highest BCUT2D eigenvalue weighted by atomic mass is 32.2. The summed E-state index contributed by atoms with van der Waals surface area (Å²) in [6, 6.07) is 15.5. The number of anilines is 1. The van der Waals surface area contributed by atoms with Gasteiger partial charge in [0.2, 0.25) is 0 Å². The van der Waals surface area contributed by atoms with Gasteiger partial charge in [0.1, 0.15) is 11.6 Å². The zero-order valence-corrected chi connectivity index (χ0v) is 21.8. The van der Waals surface area contributed by atoms with E-state index in [0.717, 1.165) is 48.8 Å². The van der Waals surface area contributed by atoms with Crippen LogP contribution in [0.4, 0.5) is 10.1 Å². The van der Waals surface area contributed by atoms with E-state index in [1.54, 1.807) is 19.9 Å². The molecule has 0 aromatic heterocycles. The summed E-state index contributed by atoms with van der Waals surface area (Å²) < 4.78 is 48.6. The third kappa shape index (κ3) is 4.59. The summed E-state index contributed by atoms with van der Waals surface area (Å²) in [5.74, 6) is -1.01. The number of halogens is 1. The quantitative estimate of drug-likeness (QED) is 0.430. The topological polar surface area (TPSA) is 83.9 Å². The van der Waals surface area contributed by atoms with Gasteiger partial charge in [-0.2, -0.15) is 0 Å². The molecular weight excluding hydrogens is 493 g/mol. The predicted molar refractivity (Wildman–Crippen MR) is 140 cm³/mol. The number of benzene rings is 3. The molecule has 0 atom stereocenters. The molecule has 0 radical (unpaired) electrons. The molecule has 8 heteroatoms. The molecule has 1 aliphatic heterocycles. The second-order valence-corrected chi connectivity index (χ2v) is 12.0. The Morgan fingerprint density at radius 1 is 0.973 bits per heavy atom. The molecule has 1 spiro atoms. The van der Waals surface area contributed by atoms with Crippen LogP contribution in [0, 0.1) is 19.7 Å². The summed E-state index contributed by atoms with van der Waals surface area (Å²) in [6.45, 7) is 3.33. The number of sulfonamides is 1. The number of aliphatic carboxylic acids is 1. The van der Waals surface area contributed by atoms with Gasteiger partial charge in [-0.15, -0.1) is 0 Å². The lowest BCUT2D eigenvalue weighted by molar-refractivity contribution is -0.139. The number of carbonyl (C=O) groups is 1. The first kappa shape index (κ1) is 25.3. The van der Waals surface area contributed by atoms with E-state index in [-0.39, 0.29) is 16.1 Å². The Morgan fingerprint density at radius 2 is 1.68 bits per heavy atom. The minimum atomic E-state index is -3.88. The fourth-order valence-electron chi connectivity index (χ4n) is 5.71. The SMILES string of the molecule is Cc1cc(-c2ccc3c(c2)C2(CCCCC2)CN3S(=O)(=O)c2ccc(OCC(=O)O)c(C)c2)ccc1F. The molecule has 6 nitrogen and oxygen atoms in total. The highest BCUT2D eigenvalue weighted by Crippen LogP contribution is 2.51. The molecule has 37 heavy (non-hydrogen) atoms. The maximum atomic E-state index is 13.9. The average molecular weight is 524 g/mol. The maximum absolute atomic E-state index is 13.9. The molecule has 1 heterocycles. The Morgan fingerprint density at radius 3 is 2.35 bits per heavy atom.